The number of nitrogens with one attached hydrogen (secondary N) is 1. The van der Waals surface area contributed by atoms with Crippen molar-refractivity contribution in [1.82, 2.24) is 10.3 Å². The molecule has 5 heteroatoms. The van der Waals surface area contributed by atoms with E-state index in [1.54, 1.807) is 7.11 Å². The van der Waals surface area contributed by atoms with Gasteiger partial charge < -0.3 is 20.5 Å². The minimum absolute atomic E-state index is 0.404. The minimum atomic E-state index is 0.404. The fourth-order valence-corrected chi connectivity index (χ4v) is 2.99. The number of pyridine rings is 1. The number of methoxy groups -OCH3 is 1. The van der Waals surface area contributed by atoms with Crippen molar-refractivity contribution in [3.05, 3.63) is 35.5 Å². The van der Waals surface area contributed by atoms with E-state index in [0.29, 0.717) is 25.6 Å². The number of aromatic nitrogens is 1. The topological polar surface area (TPSA) is 69.4 Å². The zero-order valence-corrected chi connectivity index (χ0v) is 14.4. The van der Waals surface area contributed by atoms with Gasteiger partial charge in [-0.05, 0) is 54.5 Å². The molecule has 0 bridgehead atoms. The monoisotopic (exact) mass is 329 g/mol. The van der Waals surface area contributed by atoms with Crippen LogP contribution in [-0.4, -0.2) is 31.9 Å². The molecule has 5 nitrogen and oxygen atoms in total. The molecule has 0 spiro atoms. The Balaban J connectivity index is 1.73. The first-order valence-electron chi connectivity index (χ1n) is 8.75. The summed E-state index contributed by atoms with van der Waals surface area (Å²) in [4.78, 5) is 4.51. The molecular weight excluding hydrogens is 302 g/mol. The van der Waals surface area contributed by atoms with Crippen LogP contribution < -0.4 is 15.8 Å². The van der Waals surface area contributed by atoms with Gasteiger partial charge in [-0.2, -0.15) is 0 Å². The van der Waals surface area contributed by atoms with E-state index in [1.165, 1.54) is 24.8 Å². The van der Waals surface area contributed by atoms with Gasteiger partial charge in [0.15, 0.2) is 0 Å². The molecule has 24 heavy (non-hydrogen) atoms. The normalized spacial score (nSPS) is 14.8. The second-order valence-corrected chi connectivity index (χ2v) is 6.45. The van der Waals surface area contributed by atoms with Gasteiger partial charge in [-0.15, -0.1) is 0 Å². The molecule has 0 unspecified atom stereocenters. The van der Waals surface area contributed by atoms with E-state index >= 15 is 0 Å². The SMILES string of the molecule is COCCOc1nc(CN)cc2cc(CNCC3CCC3)ccc12. The molecule has 1 aromatic carbocycles. The molecule has 0 radical (unpaired) electrons. The lowest BCUT2D eigenvalue weighted by Gasteiger charge is -2.25. The molecule has 1 aromatic heterocycles. The maximum Gasteiger partial charge on any atom is 0.221 e. The van der Waals surface area contributed by atoms with Crippen LogP contribution in [-0.2, 0) is 17.8 Å². The molecule has 1 saturated carbocycles. The molecule has 3 rings (SSSR count). The number of hydrogen-bond donors (Lipinski definition) is 2. The van der Waals surface area contributed by atoms with Crippen molar-refractivity contribution in [1.29, 1.82) is 0 Å². The number of nitrogens with zero attached hydrogens (tertiary/aromatic N) is 1. The Kier molecular flexibility index (Phi) is 6.01. The Morgan fingerprint density at radius 3 is 2.83 bits per heavy atom. The highest BCUT2D eigenvalue weighted by Gasteiger charge is 2.16. The molecule has 0 atom stereocenters. The lowest BCUT2D eigenvalue weighted by Crippen LogP contribution is -2.26. The number of benzene rings is 1. The summed E-state index contributed by atoms with van der Waals surface area (Å²) < 4.78 is 10.8. The summed E-state index contributed by atoms with van der Waals surface area (Å²) >= 11 is 0. The van der Waals surface area contributed by atoms with E-state index in [-0.39, 0.29) is 0 Å². The fourth-order valence-electron chi connectivity index (χ4n) is 2.99. The molecule has 0 aliphatic heterocycles. The average molecular weight is 329 g/mol. The second-order valence-electron chi connectivity index (χ2n) is 6.45. The van der Waals surface area contributed by atoms with Crippen LogP contribution in [0.15, 0.2) is 24.3 Å². The first-order chi connectivity index (χ1) is 11.8. The summed E-state index contributed by atoms with van der Waals surface area (Å²) in [5.74, 6) is 1.51. The quantitative estimate of drug-likeness (QED) is 0.692. The Hall–Kier alpha value is -1.69. The van der Waals surface area contributed by atoms with Crippen LogP contribution in [0.3, 0.4) is 0 Å². The Morgan fingerprint density at radius 2 is 2.12 bits per heavy atom. The van der Waals surface area contributed by atoms with Crippen molar-refractivity contribution >= 4 is 10.8 Å². The Labute approximate surface area is 143 Å². The highest BCUT2D eigenvalue weighted by atomic mass is 16.5. The van der Waals surface area contributed by atoms with Crippen molar-refractivity contribution < 1.29 is 9.47 Å². The first-order valence-corrected chi connectivity index (χ1v) is 8.75. The summed E-state index contributed by atoms with van der Waals surface area (Å²) in [6, 6.07) is 8.48. The second kappa shape index (κ2) is 8.42. The number of hydrogen-bond acceptors (Lipinski definition) is 5. The molecule has 2 aromatic rings. The van der Waals surface area contributed by atoms with Crippen molar-refractivity contribution in [2.45, 2.75) is 32.4 Å². The number of rotatable bonds is 9. The molecule has 3 N–H and O–H groups in total. The zero-order chi connectivity index (χ0) is 16.8. The fraction of sp³-hybridized carbons (Fsp3) is 0.526. The number of fused-ring (bicyclic) bond motifs is 1. The van der Waals surface area contributed by atoms with Gasteiger partial charge in [0.25, 0.3) is 0 Å². The number of nitrogens with two attached hydrogens (primary N) is 1. The van der Waals surface area contributed by atoms with Crippen LogP contribution in [0.25, 0.3) is 10.8 Å². The third-order valence-electron chi connectivity index (χ3n) is 4.64. The zero-order valence-electron chi connectivity index (χ0n) is 14.4. The summed E-state index contributed by atoms with van der Waals surface area (Å²) in [5, 5.41) is 5.71. The van der Waals surface area contributed by atoms with Gasteiger partial charge in [-0.25, -0.2) is 4.98 Å². The van der Waals surface area contributed by atoms with Gasteiger partial charge in [0.05, 0.1) is 12.3 Å². The summed E-state index contributed by atoms with van der Waals surface area (Å²) in [6.07, 6.45) is 4.14. The van der Waals surface area contributed by atoms with Gasteiger partial charge in [0.1, 0.15) is 6.61 Å². The van der Waals surface area contributed by atoms with Crippen LogP contribution in [0.5, 0.6) is 5.88 Å². The van der Waals surface area contributed by atoms with E-state index in [4.69, 9.17) is 15.2 Å². The Bertz CT molecular complexity index is 671. The summed E-state index contributed by atoms with van der Waals surface area (Å²) in [7, 11) is 1.66. The van der Waals surface area contributed by atoms with Crippen LogP contribution in [0, 0.1) is 5.92 Å². The van der Waals surface area contributed by atoms with Gasteiger partial charge in [0, 0.05) is 25.6 Å². The largest absolute Gasteiger partial charge is 0.475 e. The van der Waals surface area contributed by atoms with E-state index in [1.807, 2.05) is 6.07 Å². The highest BCUT2D eigenvalue weighted by molar-refractivity contribution is 5.87. The molecule has 1 fully saturated rings. The smallest absolute Gasteiger partial charge is 0.221 e. The molecule has 1 aliphatic rings. The standard InChI is InChI=1S/C19H27N3O2/c1-23-7-8-24-19-18-6-5-15(13-21-12-14-3-2-4-14)9-16(18)10-17(11-20)22-19/h5-6,9-10,14,21H,2-4,7-8,11-13,20H2,1H3. The molecule has 0 saturated heterocycles. The maximum atomic E-state index is 5.78. The van der Waals surface area contributed by atoms with Crippen molar-refractivity contribution in [2.24, 2.45) is 11.7 Å². The van der Waals surface area contributed by atoms with Crippen LogP contribution in [0.4, 0.5) is 0 Å². The van der Waals surface area contributed by atoms with Crippen molar-refractivity contribution in [3.8, 4) is 5.88 Å². The molecular formula is C19H27N3O2. The van der Waals surface area contributed by atoms with Gasteiger partial charge in [-0.3, -0.25) is 0 Å². The van der Waals surface area contributed by atoms with Gasteiger partial charge in [0.2, 0.25) is 5.88 Å². The summed E-state index contributed by atoms with van der Waals surface area (Å²) in [6.45, 7) is 3.44. The highest BCUT2D eigenvalue weighted by Crippen LogP contribution is 2.27. The van der Waals surface area contributed by atoms with E-state index < -0.39 is 0 Å². The van der Waals surface area contributed by atoms with Gasteiger partial charge >= 0.3 is 0 Å². The Morgan fingerprint density at radius 1 is 1.25 bits per heavy atom. The maximum absolute atomic E-state index is 5.78. The lowest BCUT2D eigenvalue weighted by molar-refractivity contribution is 0.144. The molecule has 1 heterocycles. The van der Waals surface area contributed by atoms with Crippen molar-refractivity contribution in [2.75, 3.05) is 26.9 Å². The van der Waals surface area contributed by atoms with E-state index in [2.05, 4.69) is 28.5 Å². The van der Waals surface area contributed by atoms with Crippen LogP contribution in [0.1, 0.15) is 30.5 Å². The first kappa shape index (κ1) is 17.1. The summed E-state index contributed by atoms with van der Waals surface area (Å²) in [5.41, 5.74) is 7.90. The predicted molar refractivity (Wildman–Crippen MR) is 96.1 cm³/mol. The van der Waals surface area contributed by atoms with Crippen molar-refractivity contribution in [3.63, 3.8) is 0 Å². The number of ether oxygens (including phenoxy) is 2. The van der Waals surface area contributed by atoms with Crippen LogP contribution >= 0.6 is 0 Å². The van der Waals surface area contributed by atoms with E-state index in [0.717, 1.165) is 35.5 Å². The lowest BCUT2D eigenvalue weighted by atomic mass is 9.85. The van der Waals surface area contributed by atoms with Gasteiger partial charge in [-0.1, -0.05) is 12.5 Å². The van der Waals surface area contributed by atoms with E-state index in [9.17, 15) is 0 Å². The van der Waals surface area contributed by atoms with Crippen LogP contribution in [0.2, 0.25) is 0 Å². The molecule has 1 aliphatic carbocycles. The average Bonchev–Trinajstić information content (AvgIpc) is 2.56. The minimum Gasteiger partial charge on any atom is -0.475 e. The predicted octanol–water partition coefficient (Wildman–Crippen LogP) is 2.61. The third-order valence-corrected chi connectivity index (χ3v) is 4.64. The molecule has 0 amide bonds. The third kappa shape index (κ3) is 4.23. The molecule has 130 valence electrons.